The zero-order chi connectivity index (χ0) is 25.0. The fraction of sp³-hybridized carbons (Fsp3) is 0.400. The second-order valence-corrected chi connectivity index (χ2v) is 9.74. The summed E-state index contributed by atoms with van der Waals surface area (Å²) in [5.74, 6) is 0.0980. The van der Waals surface area contributed by atoms with Gasteiger partial charge in [-0.25, -0.2) is 4.98 Å². The summed E-state index contributed by atoms with van der Waals surface area (Å²) < 4.78 is 41.6. The molecule has 35 heavy (non-hydrogen) atoms. The smallest absolute Gasteiger partial charge is 0.285 e. The van der Waals surface area contributed by atoms with Gasteiger partial charge < -0.3 is 0 Å². The molecule has 0 saturated heterocycles. The minimum Gasteiger partial charge on any atom is -0.285 e. The Balaban J connectivity index is 0.000000421. The molecule has 6 nitrogen and oxygen atoms in total. The Hall–Kier alpha value is -3.14. The van der Waals surface area contributed by atoms with Gasteiger partial charge in [0.15, 0.2) is 5.65 Å². The predicted octanol–water partition coefficient (Wildman–Crippen LogP) is 6.06. The predicted molar refractivity (Wildman–Crippen MR) is 130 cm³/mol. The van der Waals surface area contributed by atoms with Crippen LogP contribution < -0.4 is 5.56 Å². The molecule has 184 valence electrons. The fourth-order valence-electron chi connectivity index (χ4n) is 4.34. The molecule has 5 rings (SSSR count). The van der Waals surface area contributed by atoms with Crippen molar-refractivity contribution < 1.29 is 13.2 Å². The molecule has 0 radical (unpaired) electrons. The summed E-state index contributed by atoms with van der Waals surface area (Å²) >= 11 is 1.67. The standard InChI is InChI=1S/C21H21F3N4O.C4H5NS/c1-13-11-26-17-10-15(14-6-3-2-4-7-14)20(29)28(19(17)27-13)12-18-16(21(22,23)24)8-5-9-25-18;1-4-2-5-3-6-4/h5,8-11,14H,2-4,6-7,12H2,1H3;2-3H,1H3. The third kappa shape index (κ3) is 5.93. The minimum atomic E-state index is -4.55. The Kier molecular flexibility index (Phi) is 7.59. The zero-order valence-electron chi connectivity index (χ0n) is 19.5. The van der Waals surface area contributed by atoms with E-state index in [9.17, 15) is 18.0 Å². The average molecular weight is 502 g/mol. The van der Waals surface area contributed by atoms with Crippen LogP contribution in [0.1, 0.15) is 65.4 Å². The summed E-state index contributed by atoms with van der Waals surface area (Å²) in [6.45, 7) is 3.47. The molecular weight excluding hydrogens is 475 g/mol. The number of alkyl halides is 3. The van der Waals surface area contributed by atoms with E-state index in [2.05, 4.69) is 19.9 Å². The maximum absolute atomic E-state index is 13.4. The Morgan fingerprint density at radius 1 is 1.11 bits per heavy atom. The highest BCUT2D eigenvalue weighted by Gasteiger charge is 2.34. The van der Waals surface area contributed by atoms with Gasteiger partial charge in [-0.2, -0.15) is 13.2 Å². The number of hydrogen-bond acceptors (Lipinski definition) is 6. The molecular formula is C25H26F3N5OS. The lowest BCUT2D eigenvalue weighted by atomic mass is 9.84. The van der Waals surface area contributed by atoms with E-state index in [1.807, 2.05) is 18.6 Å². The summed E-state index contributed by atoms with van der Waals surface area (Å²) in [6, 6.07) is 3.99. The first-order valence-corrected chi connectivity index (χ1v) is 12.3. The molecule has 0 aliphatic heterocycles. The molecule has 1 aliphatic rings. The zero-order valence-corrected chi connectivity index (χ0v) is 20.4. The number of aromatic nitrogens is 5. The van der Waals surface area contributed by atoms with Crippen molar-refractivity contribution in [2.45, 2.75) is 64.6 Å². The van der Waals surface area contributed by atoms with E-state index in [1.54, 1.807) is 30.5 Å². The van der Waals surface area contributed by atoms with Gasteiger partial charge in [0.25, 0.3) is 5.56 Å². The molecule has 0 atom stereocenters. The van der Waals surface area contributed by atoms with Gasteiger partial charge in [0, 0.05) is 29.0 Å². The van der Waals surface area contributed by atoms with Crippen molar-refractivity contribution in [3.63, 3.8) is 0 Å². The van der Waals surface area contributed by atoms with Crippen molar-refractivity contribution in [2.75, 3.05) is 0 Å². The number of hydrogen-bond donors (Lipinski definition) is 0. The lowest BCUT2D eigenvalue weighted by Gasteiger charge is -2.23. The molecule has 4 aromatic rings. The molecule has 10 heteroatoms. The summed E-state index contributed by atoms with van der Waals surface area (Å²) in [7, 11) is 0. The molecule has 0 bridgehead atoms. The number of nitrogens with zero attached hydrogens (tertiary/aromatic N) is 5. The van der Waals surface area contributed by atoms with E-state index in [0.29, 0.717) is 16.8 Å². The van der Waals surface area contributed by atoms with Crippen molar-refractivity contribution in [3.05, 3.63) is 80.0 Å². The van der Waals surface area contributed by atoms with E-state index in [-0.39, 0.29) is 29.4 Å². The normalized spacial score (nSPS) is 14.5. The topological polar surface area (TPSA) is 73.6 Å². The molecule has 1 aliphatic carbocycles. The van der Waals surface area contributed by atoms with Crippen LogP contribution in [-0.4, -0.2) is 24.5 Å². The average Bonchev–Trinajstić information content (AvgIpc) is 3.32. The molecule has 0 N–H and O–H groups in total. The van der Waals surface area contributed by atoms with Crippen LogP contribution in [0.2, 0.25) is 0 Å². The van der Waals surface area contributed by atoms with E-state index < -0.39 is 11.7 Å². The van der Waals surface area contributed by atoms with Gasteiger partial charge in [0.1, 0.15) is 5.52 Å². The molecule has 0 amide bonds. The van der Waals surface area contributed by atoms with Crippen molar-refractivity contribution in [1.29, 1.82) is 0 Å². The van der Waals surface area contributed by atoms with E-state index in [0.717, 1.165) is 38.2 Å². The fourth-order valence-corrected chi connectivity index (χ4v) is 4.75. The van der Waals surface area contributed by atoms with Crippen LogP contribution in [-0.2, 0) is 12.7 Å². The third-order valence-electron chi connectivity index (χ3n) is 6.05. The van der Waals surface area contributed by atoms with Crippen LogP contribution >= 0.6 is 11.3 Å². The summed E-state index contributed by atoms with van der Waals surface area (Å²) in [5.41, 5.74) is 2.48. The Morgan fingerprint density at radius 3 is 2.51 bits per heavy atom. The van der Waals surface area contributed by atoms with Crippen molar-refractivity contribution in [2.24, 2.45) is 0 Å². The molecule has 1 saturated carbocycles. The van der Waals surface area contributed by atoms with Gasteiger partial charge in [-0.05, 0) is 50.8 Å². The number of halogens is 3. The highest BCUT2D eigenvalue weighted by molar-refractivity contribution is 7.09. The first-order valence-electron chi connectivity index (χ1n) is 11.5. The molecule has 0 aromatic carbocycles. The van der Waals surface area contributed by atoms with Gasteiger partial charge in [-0.15, -0.1) is 11.3 Å². The molecule has 0 spiro atoms. The Bertz CT molecular complexity index is 1350. The highest BCUT2D eigenvalue weighted by Crippen LogP contribution is 2.33. The summed E-state index contributed by atoms with van der Waals surface area (Å²) in [5, 5.41) is 0. The summed E-state index contributed by atoms with van der Waals surface area (Å²) in [4.78, 5) is 31.2. The second-order valence-electron chi connectivity index (χ2n) is 8.65. The van der Waals surface area contributed by atoms with Crippen molar-refractivity contribution in [3.8, 4) is 0 Å². The number of aryl methyl sites for hydroxylation is 2. The van der Waals surface area contributed by atoms with Crippen LogP contribution in [0, 0.1) is 13.8 Å². The maximum atomic E-state index is 13.4. The van der Waals surface area contributed by atoms with Crippen LogP contribution in [0.3, 0.4) is 0 Å². The number of rotatable bonds is 3. The molecule has 4 heterocycles. The summed E-state index contributed by atoms with van der Waals surface area (Å²) in [6.07, 6.45) is 5.23. The van der Waals surface area contributed by atoms with Gasteiger partial charge in [0.05, 0.1) is 29.0 Å². The van der Waals surface area contributed by atoms with Gasteiger partial charge >= 0.3 is 6.18 Å². The van der Waals surface area contributed by atoms with E-state index >= 15 is 0 Å². The minimum absolute atomic E-state index is 0.0980. The number of pyridine rings is 2. The van der Waals surface area contributed by atoms with Gasteiger partial charge in [-0.1, -0.05) is 19.3 Å². The van der Waals surface area contributed by atoms with Gasteiger partial charge in [0.2, 0.25) is 0 Å². The highest BCUT2D eigenvalue weighted by atomic mass is 32.1. The van der Waals surface area contributed by atoms with Crippen molar-refractivity contribution in [1.82, 2.24) is 24.5 Å². The largest absolute Gasteiger partial charge is 0.418 e. The Morgan fingerprint density at radius 2 is 1.89 bits per heavy atom. The van der Waals surface area contributed by atoms with Crippen LogP contribution in [0.15, 0.2) is 47.1 Å². The third-order valence-corrected chi connectivity index (χ3v) is 6.75. The molecule has 1 fully saturated rings. The quantitative estimate of drug-likeness (QED) is 0.341. The second kappa shape index (κ2) is 10.6. The molecule has 4 aromatic heterocycles. The van der Waals surface area contributed by atoms with Crippen LogP contribution in [0.25, 0.3) is 11.2 Å². The van der Waals surface area contributed by atoms with Crippen molar-refractivity contribution >= 4 is 22.5 Å². The lowest BCUT2D eigenvalue weighted by molar-refractivity contribution is -0.138. The van der Waals surface area contributed by atoms with Gasteiger partial charge in [-0.3, -0.25) is 24.3 Å². The number of thiazole rings is 1. The van der Waals surface area contributed by atoms with Crippen LogP contribution in [0.4, 0.5) is 13.2 Å². The molecule has 0 unspecified atom stereocenters. The van der Waals surface area contributed by atoms with Crippen LogP contribution in [0.5, 0.6) is 0 Å². The first kappa shape index (κ1) is 25.0. The van der Waals surface area contributed by atoms with E-state index in [4.69, 9.17) is 0 Å². The number of fused-ring (bicyclic) bond motifs is 1. The van der Waals surface area contributed by atoms with E-state index in [1.165, 1.54) is 21.7 Å². The SMILES string of the molecule is Cc1cnc2cc(C3CCCCC3)c(=O)n(Cc3ncccc3C(F)(F)F)c2n1.Cc1cncs1. The monoisotopic (exact) mass is 501 g/mol. The Labute approximate surface area is 204 Å². The maximum Gasteiger partial charge on any atom is 0.418 e. The lowest BCUT2D eigenvalue weighted by Crippen LogP contribution is -2.29. The first-order chi connectivity index (χ1) is 16.7.